The first-order chi connectivity index (χ1) is 7.14. The van der Waals surface area contributed by atoms with E-state index >= 15 is 0 Å². The SMILES string of the molecule is CCO[Si](OCC)(OCC)OC(=O)CC.[Li]. The van der Waals surface area contributed by atoms with Gasteiger partial charge in [0.1, 0.15) is 0 Å². The molecule has 7 heteroatoms. The van der Waals surface area contributed by atoms with Gasteiger partial charge in [0, 0.05) is 45.1 Å². The maximum atomic E-state index is 11.2. The largest absolute Gasteiger partial charge is 0.751 e. The average Bonchev–Trinajstić information content (AvgIpc) is 2.18. The summed E-state index contributed by atoms with van der Waals surface area (Å²) in [7, 11) is -3.23. The summed E-state index contributed by atoms with van der Waals surface area (Å²) in [6.07, 6.45) is 0.280. The van der Waals surface area contributed by atoms with E-state index in [0.717, 1.165) is 0 Å². The normalized spacial score (nSPS) is 10.8. The number of hydrogen-bond acceptors (Lipinski definition) is 5. The van der Waals surface area contributed by atoms with Gasteiger partial charge in [-0.15, -0.1) is 0 Å². The standard InChI is InChI=1S/C9H20O5Si.Li/c1-5-9(10)14-15(11-6-2,12-7-3)13-8-4;/h5-8H2,1-4H3;. The van der Waals surface area contributed by atoms with Gasteiger partial charge in [0.05, 0.1) is 0 Å². The summed E-state index contributed by atoms with van der Waals surface area (Å²) in [4.78, 5) is 11.2. The maximum Gasteiger partial charge on any atom is 0.751 e. The van der Waals surface area contributed by atoms with Crippen molar-refractivity contribution in [3.8, 4) is 0 Å². The molecule has 0 atom stereocenters. The van der Waals surface area contributed by atoms with E-state index in [1.807, 2.05) is 0 Å². The quantitative estimate of drug-likeness (QED) is 0.598. The van der Waals surface area contributed by atoms with Crippen molar-refractivity contribution in [1.29, 1.82) is 0 Å². The van der Waals surface area contributed by atoms with Crippen LogP contribution in [0.4, 0.5) is 0 Å². The molecule has 0 rings (SSSR count). The maximum absolute atomic E-state index is 11.2. The van der Waals surface area contributed by atoms with Crippen molar-refractivity contribution in [1.82, 2.24) is 0 Å². The molecule has 0 aliphatic heterocycles. The van der Waals surface area contributed by atoms with Crippen LogP contribution in [0.25, 0.3) is 0 Å². The molecule has 1 radical (unpaired) electrons. The zero-order valence-corrected chi connectivity index (χ0v) is 11.9. The van der Waals surface area contributed by atoms with Crippen LogP contribution < -0.4 is 0 Å². The van der Waals surface area contributed by atoms with Gasteiger partial charge in [-0.2, -0.15) is 0 Å². The van der Waals surface area contributed by atoms with Crippen LogP contribution >= 0.6 is 0 Å². The summed E-state index contributed by atoms with van der Waals surface area (Å²) in [5.74, 6) is -0.364. The number of carbonyl (C=O) groups is 1. The number of hydrogen-bond donors (Lipinski definition) is 0. The second kappa shape index (κ2) is 10.3. The summed E-state index contributed by atoms with van der Waals surface area (Å²) >= 11 is 0. The Morgan fingerprint density at radius 3 is 1.56 bits per heavy atom. The van der Waals surface area contributed by atoms with Gasteiger partial charge in [0.15, 0.2) is 0 Å². The number of carbonyl (C=O) groups excluding carboxylic acids is 1. The van der Waals surface area contributed by atoms with Gasteiger partial charge < -0.3 is 17.7 Å². The molecule has 0 aliphatic rings. The van der Waals surface area contributed by atoms with Crippen molar-refractivity contribution >= 4 is 33.9 Å². The predicted molar refractivity (Wildman–Crippen MR) is 62.8 cm³/mol. The Labute approximate surface area is 110 Å². The Kier molecular flexibility index (Phi) is 12.0. The second-order valence-electron chi connectivity index (χ2n) is 2.63. The summed E-state index contributed by atoms with van der Waals surface area (Å²) in [6, 6.07) is 0. The van der Waals surface area contributed by atoms with Crippen LogP contribution in [0.1, 0.15) is 34.1 Å². The van der Waals surface area contributed by atoms with Crippen LogP contribution in [0.2, 0.25) is 0 Å². The molecule has 0 bridgehead atoms. The monoisotopic (exact) mass is 243 g/mol. The Bertz CT molecular complexity index is 174. The van der Waals surface area contributed by atoms with Gasteiger partial charge in [-0.25, -0.2) is 0 Å². The molecule has 0 saturated carbocycles. The van der Waals surface area contributed by atoms with Gasteiger partial charge in [-0.1, -0.05) is 6.92 Å². The summed E-state index contributed by atoms with van der Waals surface area (Å²) in [5, 5.41) is 0. The summed E-state index contributed by atoms with van der Waals surface area (Å²) in [5.41, 5.74) is 0. The van der Waals surface area contributed by atoms with Gasteiger partial charge in [-0.3, -0.25) is 4.79 Å². The van der Waals surface area contributed by atoms with Crippen molar-refractivity contribution in [2.24, 2.45) is 0 Å². The van der Waals surface area contributed by atoms with Crippen LogP contribution in [-0.4, -0.2) is 53.7 Å². The van der Waals surface area contributed by atoms with E-state index in [4.69, 9.17) is 17.7 Å². The molecule has 0 saturated heterocycles. The van der Waals surface area contributed by atoms with Crippen molar-refractivity contribution in [2.75, 3.05) is 19.8 Å². The van der Waals surface area contributed by atoms with Gasteiger partial charge in [-0.05, 0) is 20.8 Å². The number of rotatable bonds is 8. The first kappa shape index (κ1) is 18.5. The average molecular weight is 243 g/mol. The third kappa shape index (κ3) is 6.68. The summed E-state index contributed by atoms with van der Waals surface area (Å²) < 4.78 is 21.1. The third-order valence-electron chi connectivity index (χ3n) is 1.49. The van der Waals surface area contributed by atoms with Gasteiger partial charge in [0.25, 0.3) is 5.97 Å². The zero-order chi connectivity index (χ0) is 11.7. The molecule has 16 heavy (non-hydrogen) atoms. The summed E-state index contributed by atoms with van der Waals surface area (Å²) in [6.45, 7) is 8.31. The minimum Gasteiger partial charge on any atom is -0.452 e. The fourth-order valence-corrected chi connectivity index (χ4v) is 2.87. The van der Waals surface area contributed by atoms with E-state index in [9.17, 15) is 4.79 Å². The van der Waals surface area contributed by atoms with E-state index in [-0.39, 0.29) is 31.3 Å². The Hall–Kier alpha value is 0.164. The molecule has 0 aromatic heterocycles. The molecule has 0 aromatic rings. The molecular formula is C9H20LiO5Si. The van der Waals surface area contributed by atoms with E-state index in [1.54, 1.807) is 27.7 Å². The van der Waals surface area contributed by atoms with Crippen molar-refractivity contribution in [3.05, 3.63) is 0 Å². The smallest absolute Gasteiger partial charge is 0.452 e. The molecule has 0 spiro atoms. The Morgan fingerprint density at radius 2 is 1.31 bits per heavy atom. The Morgan fingerprint density at radius 1 is 0.938 bits per heavy atom. The van der Waals surface area contributed by atoms with Crippen LogP contribution in [0, 0.1) is 0 Å². The topological polar surface area (TPSA) is 54.0 Å². The van der Waals surface area contributed by atoms with Crippen molar-refractivity contribution in [3.63, 3.8) is 0 Å². The molecule has 91 valence electrons. The van der Waals surface area contributed by atoms with Crippen LogP contribution in [-0.2, 0) is 22.5 Å². The minimum atomic E-state index is -3.23. The molecule has 0 heterocycles. The van der Waals surface area contributed by atoms with Crippen molar-refractivity contribution in [2.45, 2.75) is 34.1 Å². The van der Waals surface area contributed by atoms with Gasteiger partial charge >= 0.3 is 9.05 Å². The fraction of sp³-hybridized carbons (Fsp3) is 0.889. The molecule has 0 N–H and O–H groups in total. The first-order valence-electron chi connectivity index (χ1n) is 5.27. The fourth-order valence-electron chi connectivity index (χ4n) is 0.955. The van der Waals surface area contributed by atoms with Crippen LogP contribution in [0.3, 0.4) is 0 Å². The van der Waals surface area contributed by atoms with Gasteiger partial charge in [0.2, 0.25) is 0 Å². The Balaban J connectivity index is 0. The molecule has 0 aliphatic carbocycles. The predicted octanol–water partition coefficient (Wildman–Crippen LogP) is 1.10. The molecule has 0 amide bonds. The molecule has 5 nitrogen and oxygen atoms in total. The molecule has 0 aromatic carbocycles. The zero-order valence-electron chi connectivity index (χ0n) is 10.9. The van der Waals surface area contributed by atoms with Crippen molar-refractivity contribution < 1.29 is 22.5 Å². The van der Waals surface area contributed by atoms with Crippen LogP contribution in [0.5, 0.6) is 0 Å². The van der Waals surface area contributed by atoms with E-state index in [0.29, 0.717) is 19.8 Å². The minimum absolute atomic E-state index is 0. The molecule has 0 unspecified atom stereocenters. The van der Waals surface area contributed by atoms with E-state index in [1.165, 1.54) is 0 Å². The van der Waals surface area contributed by atoms with E-state index < -0.39 is 9.05 Å². The van der Waals surface area contributed by atoms with E-state index in [2.05, 4.69) is 0 Å². The molecular weight excluding hydrogens is 223 g/mol. The molecule has 0 fully saturated rings. The van der Waals surface area contributed by atoms with Crippen LogP contribution in [0.15, 0.2) is 0 Å². The second-order valence-corrected chi connectivity index (χ2v) is 4.70. The first-order valence-corrected chi connectivity index (χ1v) is 6.91. The third-order valence-corrected chi connectivity index (χ3v) is 3.90.